The van der Waals surface area contributed by atoms with Gasteiger partial charge in [-0.25, -0.2) is 0 Å². The average molecular weight is 250 g/mol. The summed E-state index contributed by atoms with van der Waals surface area (Å²) in [6.45, 7) is 3.92. The summed E-state index contributed by atoms with van der Waals surface area (Å²) >= 11 is 0. The van der Waals surface area contributed by atoms with Gasteiger partial charge in [0, 0.05) is 18.8 Å². The molecule has 5 nitrogen and oxygen atoms in total. The van der Waals surface area contributed by atoms with E-state index in [2.05, 4.69) is 10.4 Å². The van der Waals surface area contributed by atoms with Crippen LogP contribution in [0.15, 0.2) is 6.20 Å². The van der Waals surface area contributed by atoms with Crippen molar-refractivity contribution in [1.29, 1.82) is 0 Å². The molecular formula is C13H22N4O. The van der Waals surface area contributed by atoms with E-state index >= 15 is 0 Å². The van der Waals surface area contributed by atoms with Crippen LogP contribution in [0.2, 0.25) is 0 Å². The van der Waals surface area contributed by atoms with E-state index in [-0.39, 0.29) is 11.9 Å². The third-order valence-corrected chi connectivity index (χ3v) is 3.81. The smallest absolute Gasteiger partial charge is 0.240 e. The number of nitrogens with zero attached hydrogens (tertiary/aromatic N) is 2. The first-order valence-corrected chi connectivity index (χ1v) is 6.52. The monoisotopic (exact) mass is 250 g/mol. The fourth-order valence-corrected chi connectivity index (χ4v) is 2.69. The minimum Gasteiger partial charge on any atom is -0.348 e. The lowest BCUT2D eigenvalue weighted by Gasteiger charge is -2.25. The Bertz CT molecular complexity index is 446. The number of hydrogen-bond acceptors (Lipinski definition) is 3. The van der Waals surface area contributed by atoms with Crippen LogP contribution >= 0.6 is 0 Å². The maximum atomic E-state index is 12.2. The molecule has 1 saturated carbocycles. The lowest BCUT2D eigenvalue weighted by Crippen LogP contribution is -2.52. The number of nitrogens with one attached hydrogen (secondary N) is 1. The van der Waals surface area contributed by atoms with Gasteiger partial charge in [-0.05, 0) is 26.7 Å². The fourth-order valence-electron chi connectivity index (χ4n) is 2.69. The highest BCUT2D eigenvalue weighted by molar-refractivity contribution is 5.86. The van der Waals surface area contributed by atoms with Gasteiger partial charge >= 0.3 is 0 Å². The predicted octanol–water partition coefficient (Wildman–Crippen LogP) is 1.18. The number of carbonyl (C=O) groups is 1. The zero-order valence-corrected chi connectivity index (χ0v) is 11.4. The van der Waals surface area contributed by atoms with Crippen molar-refractivity contribution in [2.24, 2.45) is 12.8 Å². The standard InChI is InChI=1S/C13H22N4O/c1-9(11-8-17(3)16-10(11)2)15-12(18)13(14)6-4-5-7-13/h8-9H,4-7,14H2,1-3H3,(H,15,18). The number of carbonyl (C=O) groups excluding carboxylic acids is 1. The maximum Gasteiger partial charge on any atom is 0.240 e. The molecule has 100 valence electrons. The second-order valence-corrected chi connectivity index (χ2v) is 5.40. The molecule has 0 saturated heterocycles. The Hall–Kier alpha value is -1.36. The normalized spacial score (nSPS) is 19.8. The summed E-state index contributed by atoms with van der Waals surface area (Å²) < 4.78 is 1.76. The van der Waals surface area contributed by atoms with Crippen LogP contribution < -0.4 is 11.1 Å². The summed E-state index contributed by atoms with van der Waals surface area (Å²) in [6.07, 6.45) is 5.61. The van der Waals surface area contributed by atoms with Gasteiger partial charge in [-0.15, -0.1) is 0 Å². The summed E-state index contributed by atoms with van der Waals surface area (Å²) in [5.74, 6) is -0.0317. The molecule has 1 fully saturated rings. The molecule has 0 aromatic carbocycles. The van der Waals surface area contributed by atoms with E-state index in [4.69, 9.17) is 5.73 Å². The third kappa shape index (κ3) is 2.41. The van der Waals surface area contributed by atoms with Crippen LogP contribution in [-0.2, 0) is 11.8 Å². The summed E-state index contributed by atoms with van der Waals surface area (Å²) in [7, 11) is 1.88. The summed E-state index contributed by atoms with van der Waals surface area (Å²) in [5.41, 5.74) is 7.47. The molecular weight excluding hydrogens is 228 g/mol. The zero-order chi connectivity index (χ0) is 13.3. The molecule has 0 spiro atoms. The maximum absolute atomic E-state index is 12.2. The molecule has 0 bridgehead atoms. The molecule has 1 heterocycles. The minimum absolute atomic E-state index is 0.0317. The van der Waals surface area contributed by atoms with Crippen LogP contribution in [0.4, 0.5) is 0 Å². The number of hydrogen-bond donors (Lipinski definition) is 2. The average Bonchev–Trinajstić information content (AvgIpc) is 2.86. The van der Waals surface area contributed by atoms with Crippen molar-refractivity contribution in [3.8, 4) is 0 Å². The SMILES string of the molecule is Cc1nn(C)cc1C(C)NC(=O)C1(N)CCCC1. The molecule has 3 N–H and O–H groups in total. The molecule has 18 heavy (non-hydrogen) atoms. The molecule has 0 aliphatic heterocycles. The first kappa shape index (κ1) is 13.1. The largest absolute Gasteiger partial charge is 0.348 e. The molecule has 0 radical (unpaired) electrons. The highest BCUT2D eigenvalue weighted by Crippen LogP contribution is 2.28. The van der Waals surface area contributed by atoms with Crippen molar-refractivity contribution in [2.75, 3.05) is 0 Å². The van der Waals surface area contributed by atoms with Gasteiger partial charge in [-0.2, -0.15) is 5.10 Å². The van der Waals surface area contributed by atoms with Crippen molar-refractivity contribution < 1.29 is 4.79 Å². The van der Waals surface area contributed by atoms with E-state index in [9.17, 15) is 4.79 Å². The van der Waals surface area contributed by atoms with E-state index in [1.165, 1.54) is 0 Å². The van der Waals surface area contributed by atoms with Crippen LogP contribution in [0.25, 0.3) is 0 Å². The Labute approximate surface area is 108 Å². The van der Waals surface area contributed by atoms with Crippen LogP contribution in [0, 0.1) is 6.92 Å². The highest BCUT2D eigenvalue weighted by Gasteiger charge is 2.37. The van der Waals surface area contributed by atoms with E-state index < -0.39 is 5.54 Å². The van der Waals surface area contributed by atoms with Gasteiger partial charge in [0.05, 0.1) is 17.3 Å². The van der Waals surface area contributed by atoms with Gasteiger partial charge in [0.1, 0.15) is 0 Å². The Morgan fingerprint density at radius 2 is 2.17 bits per heavy atom. The van der Waals surface area contributed by atoms with Crippen molar-refractivity contribution in [3.05, 3.63) is 17.5 Å². The van der Waals surface area contributed by atoms with Gasteiger partial charge in [0.25, 0.3) is 0 Å². The molecule has 1 amide bonds. The first-order chi connectivity index (χ1) is 8.42. The number of amides is 1. The number of aromatic nitrogens is 2. The van der Waals surface area contributed by atoms with Gasteiger partial charge in [-0.3, -0.25) is 9.48 Å². The van der Waals surface area contributed by atoms with Crippen molar-refractivity contribution in [3.63, 3.8) is 0 Å². The van der Waals surface area contributed by atoms with Crippen LogP contribution in [0.5, 0.6) is 0 Å². The van der Waals surface area contributed by atoms with Gasteiger partial charge in [-0.1, -0.05) is 12.8 Å². The van der Waals surface area contributed by atoms with Crippen LogP contribution in [-0.4, -0.2) is 21.2 Å². The van der Waals surface area contributed by atoms with E-state index in [0.717, 1.165) is 36.9 Å². The summed E-state index contributed by atoms with van der Waals surface area (Å²) in [4.78, 5) is 12.2. The van der Waals surface area contributed by atoms with Gasteiger partial charge in [0.2, 0.25) is 5.91 Å². The second kappa shape index (κ2) is 4.72. The Kier molecular flexibility index (Phi) is 3.43. The van der Waals surface area contributed by atoms with Crippen LogP contribution in [0.3, 0.4) is 0 Å². The first-order valence-electron chi connectivity index (χ1n) is 6.52. The molecule has 1 aromatic rings. The van der Waals surface area contributed by atoms with Crippen molar-refractivity contribution >= 4 is 5.91 Å². The zero-order valence-electron chi connectivity index (χ0n) is 11.4. The topological polar surface area (TPSA) is 72.9 Å². The molecule has 1 aliphatic carbocycles. The third-order valence-electron chi connectivity index (χ3n) is 3.81. The number of rotatable bonds is 3. The van der Waals surface area contributed by atoms with Crippen molar-refractivity contribution in [2.45, 2.75) is 51.1 Å². The Balaban J connectivity index is 2.05. The lowest BCUT2D eigenvalue weighted by atomic mass is 9.97. The minimum atomic E-state index is -0.662. The Morgan fingerprint density at radius 3 is 2.67 bits per heavy atom. The lowest BCUT2D eigenvalue weighted by molar-refractivity contribution is -0.126. The quantitative estimate of drug-likeness (QED) is 0.846. The number of nitrogens with two attached hydrogens (primary N) is 1. The van der Waals surface area contributed by atoms with Gasteiger partial charge < -0.3 is 11.1 Å². The Morgan fingerprint density at radius 1 is 1.56 bits per heavy atom. The van der Waals surface area contributed by atoms with E-state index in [0.29, 0.717) is 0 Å². The van der Waals surface area contributed by atoms with E-state index in [1.807, 2.05) is 27.1 Å². The second-order valence-electron chi connectivity index (χ2n) is 5.40. The summed E-state index contributed by atoms with van der Waals surface area (Å²) in [5, 5.41) is 7.30. The predicted molar refractivity (Wildman–Crippen MR) is 69.9 cm³/mol. The molecule has 1 unspecified atom stereocenters. The van der Waals surface area contributed by atoms with Crippen LogP contribution in [0.1, 0.15) is 49.9 Å². The summed E-state index contributed by atoms with van der Waals surface area (Å²) in [6, 6.07) is -0.0489. The molecule has 2 rings (SSSR count). The molecule has 5 heteroatoms. The molecule has 1 aliphatic rings. The highest BCUT2D eigenvalue weighted by atomic mass is 16.2. The fraction of sp³-hybridized carbons (Fsp3) is 0.692. The van der Waals surface area contributed by atoms with E-state index in [1.54, 1.807) is 4.68 Å². The molecule has 1 aromatic heterocycles. The van der Waals surface area contributed by atoms with Crippen molar-refractivity contribution in [1.82, 2.24) is 15.1 Å². The van der Waals surface area contributed by atoms with Gasteiger partial charge in [0.15, 0.2) is 0 Å². The number of aryl methyl sites for hydroxylation is 2. The molecule has 1 atom stereocenters.